The lowest BCUT2D eigenvalue weighted by atomic mass is 9.80. The molecule has 0 aliphatic carbocycles. The molecule has 4 aromatic carbocycles. The van der Waals surface area contributed by atoms with E-state index in [-0.39, 0.29) is 24.1 Å². The number of nitrogens with zero attached hydrogens (tertiary/aromatic N) is 12. The highest BCUT2D eigenvalue weighted by atomic mass is 79.9. The Morgan fingerprint density at radius 3 is 1.44 bits per heavy atom. The van der Waals surface area contributed by atoms with Crippen molar-refractivity contribution in [3.05, 3.63) is 162 Å². The molecular formula is C52H54BBrN12O4. The summed E-state index contributed by atoms with van der Waals surface area (Å²) in [4.78, 5) is 42.7. The maximum absolute atomic E-state index is 13.4. The molecule has 0 bridgehead atoms. The lowest BCUT2D eigenvalue weighted by molar-refractivity contribution is 0.255. The monoisotopic (exact) mass is 1000 g/mol. The maximum Gasteiger partial charge on any atom is 0.488 e. The summed E-state index contributed by atoms with van der Waals surface area (Å²) in [5.41, 5.74) is 8.25. The molecule has 18 heteroatoms. The van der Waals surface area contributed by atoms with Crippen LogP contribution in [-0.4, -0.2) is 94.9 Å². The number of halogens is 1. The van der Waals surface area contributed by atoms with Gasteiger partial charge in [0.1, 0.15) is 35.7 Å². The maximum atomic E-state index is 13.4. The third-order valence-electron chi connectivity index (χ3n) is 11.8. The topological polar surface area (TPSA) is 175 Å². The Balaban J connectivity index is 0.000000160. The number of pyridine rings is 2. The lowest BCUT2D eigenvalue weighted by Crippen LogP contribution is -2.32. The highest BCUT2D eigenvalue weighted by molar-refractivity contribution is 9.10. The normalized spacial score (nSPS) is 13.5. The number of urea groups is 2. The van der Waals surface area contributed by atoms with Crippen LogP contribution in [0.25, 0.3) is 34.2 Å². The molecule has 0 spiro atoms. The van der Waals surface area contributed by atoms with Crippen LogP contribution >= 0.6 is 15.9 Å². The SMILES string of the molecule is CC(C)n1cnnc1-c1cccc(N2CCN(c3cccc(Br)c3)C2=O)n1.Cc1ccc(-c2cccc(N3CCN(c4cccc(-c5nncn5C(C)C)n4)C3=O)c2)cc1.Cc1ccc(B(O)O)cc1. The number of hydrogen-bond acceptors (Lipinski definition) is 10. The molecule has 4 aromatic heterocycles. The Morgan fingerprint density at radius 1 is 0.529 bits per heavy atom. The Bertz CT molecular complexity index is 3070. The summed E-state index contributed by atoms with van der Waals surface area (Å²) < 4.78 is 4.88. The second-order valence-electron chi connectivity index (χ2n) is 17.4. The van der Waals surface area contributed by atoms with Crippen LogP contribution < -0.4 is 25.1 Å². The van der Waals surface area contributed by atoms with Crippen LogP contribution in [0.4, 0.5) is 32.6 Å². The highest BCUT2D eigenvalue weighted by Gasteiger charge is 2.33. The van der Waals surface area contributed by atoms with Gasteiger partial charge in [0.25, 0.3) is 0 Å². The van der Waals surface area contributed by atoms with Crippen molar-refractivity contribution in [2.75, 3.05) is 45.8 Å². The second-order valence-corrected chi connectivity index (χ2v) is 18.3. The highest BCUT2D eigenvalue weighted by Crippen LogP contribution is 2.31. The summed E-state index contributed by atoms with van der Waals surface area (Å²) in [6, 6.07) is 42.9. The minimum Gasteiger partial charge on any atom is -0.423 e. The summed E-state index contributed by atoms with van der Waals surface area (Å²) in [7, 11) is -1.35. The Labute approximate surface area is 416 Å². The quantitative estimate of drug-likeness (QED) is 0.126. The van der Waals surface area contributed by atoms with E-state index >= 15 is 0 Å². The standard InChI is InChI=1S/C26H26N6O.C19H19BrN6O.C7H9BO2/c1-18(2)32-17-27-29-25(32)23-8-5-9-24(28-23)31-15-14-30(26(31)33)22-7-4-6-21(16-22)20-12-10-19(3)11-13-20;1-13(2)26-12-21-23-18(26)16-7-4-8-17(22-16)25-10-9-24(19(25)27)15-6-3-5-14(20)11-15;1-6-2-4-7(5-3-6)8(9)10/h4-13,16-18H,14-15H2,1-3H3;3-8,11-13H,9-10H2,1-2H3;2-5,9-10H,1H3. The van der Waals surface area contributed by atoms with Crippen LogP contribution in [0.2, 0.25) is 0 Å². The molecule has 6 heterocycles. The van der Waals surface area contributed by atoms with Crippen LogP contribution in [0.5, 0.6) is 0 Å². The third-order valence-corrected chi connectivity index (χ3v) is 12.3. The van der Waals surface area contributed by atoms with Crippen molar-refractivity contribution < 1.29 is 19.6 Å². The smallest absolute Gasteiger partial charge is 0.423 e. The Kier molecular flexibility index (Phi) is 15.2. The molecule has 2 N–H and O–H groups in total. The average Bonchev–Trinajstić information content (AvgIpc) is 4.20. The van der Waals surface area contributed by atoms with Gasteiger partial charge in [-0.05, 0) is 113 Å². The molecule has 2 saturated heterocycles. The van der Waals surface area contributed by atoms with Gasteiger partial charge in [-0.1, -0.05) is 106 Å². The van der Waals surface area contributed by atoms with E-state index in [0.717, 1.165) is 32.5 Å². The van der Waals surface area contributed by atoms with E-state index in [0.29, 0.717) is 66.3 Å². The molecule has 2 fully saturated rings. The summed E-state index contributed by atoms with van der Waals surface area (Å²) in [6.07, 6.45) is 3.41. The molecule has 0 unspecified atom stereocenters. The minimum atomic E-state index is -1.35. The van der Waals surface area contributed by atoms with Gasteiger partial charge in [0.15, 0.2) is 11.6 Å². The van der Waals surface area contributed by atoms with Crippen molar-refractivity contribution in [2.45, 2.75) is 53.6 Å². The third kappa shape index (κ3) is 11.2. The van der Waals surface area contributed by atoms with Gasteiger partial charge in [0.2, 0.25) is 0 Å². The predicted molar refractivity (Wildman–Crippen MR) is 279 cm³/mol. The fourth-order valence-corrected chi connectivity index (χ4v) is 8.35. The summed E-state index contributed by atoms with van der Waals surface area (Å²) in [5.74, 6) is 2.63. The van der Waals surface area contributed by atoms with E-state index in [1.807, 2.05) is 106 Å². The molecular weight excluding hydrogens is 947 g/mol. The van der Waals surface area contributed by atoms with Gasteiger partial charge < -0.3 is 19.2 Å². The Hall–Kier alpha value is -7.54. The number of amides is 4. The van der Waals surface area contributed by atoms with Gasteiger partial charge in [0.05, 0.1) is 0 Å². The van der Waals surface area contributed by atoms with Crippen molar-refractivity contribution in [3.8, 4) is 34.2 Å². The van der Waals surface area contributed by atoms with Crippen molar-refractivity contribution in [3.63, 3.8) is 0 Å². The zero-order chi connectivity index (χ0) is 49.5. The van der Waals surface area contributed by atoms with E-state index in [2.05, 4.69) is 112 Å². The minimum absolute atomic E-state index is 0.0777. The molecule has 356 valence electrons. The van der Waals surface area contributed by atoms with Crippen LogP contribution in [0.1, 0.15) is 50.9 Å². The second kappa shape index (κ2) is 21.8. The first-order valence-corrected chi connectivity index (χ1v) is 23.8. The van der Waals surface area contributed by atoms with E-state index in [4.69, 9.17) is 15.0 Å². The zero-order valence-corrected chi connectivity index (χ0v) is 41.5. The fourth-order valence-electron chi connectivity index (χ4n) is 7.96. The number of benzene rings is 4. The number of carbonyl (C=O) groups excluding carboxylic acids is 2. The summed E-state index contributed by atoms with van der Waals surface area (Å²) >= 11 is 3.46. The first-order chi connectivity index (χ1) is 33.7. The van der Waals surface area contributed by atoms with E-state index in [1.165, 1.54) is 5.56 Å². The molecule has 0 atom stereocenters. The van der Waals surface area contributed by atoms with Crippen LogP contribution in [0.3, 0.4) is 0 Å². The molecule has 10 rings (SSSR count). The molecule has 0 radical (unpaired) electrons. The number of anilines is 4. The molecule has 4 amide bonds. The van der Waals surface area contributed by atoms with Crippen LogP contribution in [0.15, 0.2) is 151 Å². The van der Waals surface area contributed by atoms with Gasteiger partial charge in [0, 0.05) is 54.1 Å². The van der Waals surface area contributed by atoms with E-state index in [1.54, 1.807) is 39.5 Å². The number of aromatic nitrogens is 8. The summed E-state index contributed by atoms with van der Waals surface area (Å²) in [6.45, 7) is 14.7. The number of aryl methyl sites for hydroxylation is 2. The largest absolute Gasteiger partial charge is 0.488 e. The molecule has 2 aliphatic rings. The average molecular weight is 1000 g/mol. The Morgan fingerprint density at radius 2 is 0.971 bits per heavy atom. The van der Waals surface area contributed by atoms with Gasteiger partial charge in [-0.15, -0.1) is 20.4 Å². The van der Waals surface area contributed by atoms with Gasteiger partial charge in [-0.2, -0.15) is 0 Å². The molecule has 70 heavy (non-hydrogen) atoms. The first kappa shape index (κ1) is 48.9. The van der Waals surface area contributed by atoms with E-state index < -0.39 is 7.12 Å². The molecule has 0 saturated carbocycles. The predicted octanol–water partition coefficient (Wildman–Crippen LogP) is 9.15. The van der Waals surface area contributed by atoms with Crippen LogP contribution in [0, 0.1) is 13.8 Å². The fraction of sp³-hybridized carbons (Fsp3) is 0.231. The van der Waals surface area contributed by atoms with Crippen molar-refractivity contribution >= 4 is 63.6 Å². The number of carbonyl (C=O) groups is 2. The lowest BCUT2D eigenvalue weighted by Gasteiger charge is -2.19. The van der Waals surface area contributed by atoms with Crippen molar-refractivity contribution in [1.82, 2.24) is 39.5 Å². The van der Waals surface area contributed by atoms with Crippen molar-refractivity contribution in [2.24, 2.45) is 0 Å². The number of rotatable bonds is 10. The summed E-state index contributed by atoms with van der Waals surface area (Å²) in [5, 5.41) is 33.8. The van der Waals surface area contributed by atoms with Gasteiger partial charge >= 0.3 is 19.2 Å². The molecule has 16 nitrogen and oxygen atoms in total. The first-order valence-electron chi connectivity index (χ1n) is 23.0. The zero-order valence-electron chi connectivity index (χ0n) is 39.9. The van der Waals surface area contributed by atoms with Crippen LogP contribution in [-0.2, 0) is 0 Å². The van der Waals surface area contributed by atoms with E-state index in [9.17, 15) is 9.59 Å². The van der Waals surface area contributed by atoms with Crippen molar-refractivity contribution in [1.29, 1.82) is 0 Å². The van der Waals surface area contributed by atoms with Gasteiger partial charge in [-0.25, -0.2) is 19.6 Å². The van der Waals surface area contributed by atoms with Gasteiger partial charge in [-0.3, -0.25) is 19.6 Å². The molecule has 8 aromatic rings. The number of hydrogen-bond donors (Lipinski definition) is 2. The molecule has 2 aliphatic heterocycles.